The Hall–Kier alpha value is -2.34. The number of phenols is 1. The number of hydrogen-bond acceptors (Lipinski definition) is 4. The van der Waals surface area contributed by atoms with Gasteiger partial charge in [0.05, 0.1) is 6.42 Å². The minimum Gasteiger partial charge on any atom is -0.508 e. The molecule has 5 nitrogen and oxygen atoms in total. The SMILES string of the molecule is O=C(NCCc1cccs1)C1CCN(C(=O)Cc2ccccc2O)CC1. The molecule has 0 aliphatic carbocycles. The molecule has 1 aliphatic rings. The second-order valence-corrected chi connectivity index (χ2v) is 7.61. The van der Waals surface area contributed by atoms with Crippen molar-refractivity contribution in [3.05, 3.63) is 52.2 Å². The number of hydrogen-bond donors (Lipinski definition) is 2. The molecule has 0 atom stereocenters. The zero-order chi connectivity index (χ0) is 18.4. The molecule has 2 N–H and O–H groups in total. The van der Waals surface area contributed by atoms with Gasteiger partial charge in [-0.15, -0.1) is 11.3 Å². The maximum absolute atomic E-state index is 12.4. The molecule has 0 radical (unpaired) electrons. The highest BCUT2D eigenvalue weighted by atomic mass is 32.1. The lowest BCUT2D eigenvalue weighted by Crippen LogP contribution is -2.43. The fourth-order valence-electron chi connectivity index (χ4n) is 3.23. The van der Waals surface area contributed by atoms with E-state index in [4.69, 9.17) is 0 Å². The van der Waals surface area contributed by atoms with E-state index in [2.05, 4.69) is 11.4 Å². The first-order valence-electron chi connectivity index (χ1n) is 8.98. The summed E-state index contributed by atoms with van der Waals surface area (Å²) in [6, 6.07) is 11.0. The van der Waals surface area contributed by atoms with Crippen LogP contribution in [0.5, 0.6) is 5.75 Å². The summed E-state index contributed by atoms with van der Waals surface area (Å²) >= 11 is 1.70. The third kappa shape index (κ3) is 4.85. The molecule has 1 aromatic heterocycles. The smallest absolute Gasteiger partial charge is 0.227 e. The van der Waals surface area contributed by atoms with Crippen molar-refractivity contribution in [1.29, 1.82) is 0 Å². The van der Waals surface area contributed by atoms with E-state index in [1.807, 2.05) is 17.5 Å². The van der Waals surface area contributed by atoms with Crippen molar-refractivity contribution >= 4 is 23.2 Å². The van der Waals surface area contributed by atoms with Crippen LogP contribution in [-0.4, -0.2) is 41.5 Å². The average molecular weight is 372 g/mol. The van der Waals surface area contributed by atoms with E-state index in [0.29, 0.717) is 38.0 Å². The summed E-state index contributed by atoms with van der Waals surface area (Å²) in [5, 5.41) is 14.9. The van der Waals surface area contributed by atoms with E-state index in [1.165, 1.54) is 4.88 Å². The van der Waals surface area contributed by atoms with Gasteiger partial charge in [0.1, 0.15) is 5.75 Å². The summed E-state index contributed by atoms with van der Waals surface area (Å²) in [7, 11) is 0. The summed E-state index contributed by atoms with van der Waals surface area (Å²) in [6.07, 6.45) is 2.44. The van der Waals surface area contributed by atoms with E-state index in [1.54, 1.807) is 34.4 Å². The molecule has 2 heterocycles. The summed E-state index contributed by atoms with van der Waals surface area (Å²) in [4.78, 5) is 27.8. The Bertz CT molecular complexity index is 737. The fourth-order valence-corrected chi connectivity index (χ4v) is 3.94. The number of rotatable bonds is 6. The third-order valence-corrected chi connectivity index (χ3v) is 5.74. The number of nitrogens with zero attached hydrogens (tertiary/aromatic N) is 1. The number of piperidine rings is 1. The Balaban J connectivity index is 1.41. The second-order valence-electron chi connectivity index (χ2n) is 6.58. The summed E-state index contributed by atoms with van der Waals surface area (Å²) in [5.41, 5.74) is 0.644. The lowest BCUT2D eigenvalue weighted by molar-refractivity contribution is -0.135. The number of carbonyl (C=O) groups excluding carboxylic acids is 2. The number of carbonyl (C=O) groups is 2. The summed E-state index contributed by atoms with van der Waals surface area (Å²) < 4.78 is 0. The monoisotopic (exact) mass is 372 g/mol. The van der Waals surface area contributed by atoms with Crippen LogP contribution in [0.25, 0.3) is 0 Å². The topological polar surface area (TPSA) is 69.6 Å². The van der Waals surface area contributed by atoms with Gasteiger partial charge in [0.25, 0.3) is 0 Å². The van der Waals surface area contributed by atoms with Gasteiger partial charge in [0.2, 0.25) is 11.8 Å². The molecule has 1 aliphatic heterocycles. The molecule has 1 saturated heterocycles. The van der Waals surface area contributed by atoms with Gasteiger partial charge < -0.3 is 15.3 Å². The summed E-state index contributed by atoms with van der Waals surface area (Å²) in [5.74, 6) is 0.228. The minimum atomic E-state index is -0.0208. The molecule has 26 heavy (non-hydrogen) atoms. The van der Waals surface area contributed by atoms with Gasteiger partial charge in [-0.2, -0.15) is 0 Å². The van der Waals surface area contributed by atoms with Gasteiger partial charge in [-0.25, -0.2) is 0 Å². The summed E-state index contributed by atoms with van der Waals surface area (Å²) in [6.45, 7) is 1.84. The first-order valence-corrected chi connectivity index (χ1v) is 9.86. The zero-order valence-corrected chi connectivity index (χ0v) is 15.5. The highest BCUT2D eigenvalue weighted by Crippen LogP contribution is 2.21. The molecule has 2 amide bonds. The van der Waals surface area contributed by atoms with Crippen molar-refractivity contribution in [3.63, 3.8) is 0 Å². The van der Waals surface area contributed by atoms with Gasteiger partial charge in [-0.05, 0) is 36.8 Å². The van der Waals surface area contributed by atoms with E-state index < -0.39 is 0 Å². The molecule has 1 aromatic carbocycles. The number of phenolic OH excluding ortho intramolecular Hbond substituents is 1. The second kappa shape index (κ2) is 8.85. The quantitative estimate of drug-likeness (QED) is 0.819. The van der Waals surface area contributed by atoms with Crippen molar-refractivity contribution < 1.29 is 14.7 Å². The first-order chi connectivity index (χ1) is 12.6. The average Bonchev–Trinajstić information content (AvgIpc) is 3.17. The normalized spacial score (nSPS) is 15.0. The van der Waals surface area contributed by atoms with Crippen molar-refractivity contribution in [2.45, 2.75) is 25.7 Å². The van der Waals surface area contributed by atoms with Crippen LogP contribution in [0, 0.1) is 5.92 Å². The Morgan fingerprint density at radius 3 is 2.62 bits per heavy atom. The third-order valence-electron chi connectivity index (χ3n) is 4.80. The van der Waals surface area contributed by atoms with Crippen LogP contribution < -0.4 is 5.32 Å². The number of benzene rings is 1. The predicted molar refractivity (Wildman–Crippen MR) is 102 cm³/mol. The molecule has 138 valence electrons. The number of amides is 2. The maximum atomic E-state index is 12.4. The van der Waals surface area contributed by atoms with Gasteiger partial charge in [0, 0.05) is 36.0 Å². The molecule has 1 fully saturated rings. The van der Waals surface area contributed by atoms with Gasteiger partial charge >= 0.3 is 0 Å². The van der Waals surface area contributed by atoms with Gasteiger partial charge in [-0.1, -0.05) is 24.3 Å². The van der Waals surface area contributed by atoms with E-state index >= 15 is 0 Å². The number of nitrogens with one attached hydrogen (secondary N) is 1. The number of likely N-dealkylation sites (tertiary alicyclic amines) is 1. The fraction of sp³-hybridized carbons (Fsp3) is 0.400. The first kappa shape index (κ1) is 18.5. The maximum Gasteiger partial charge on any atom is 0.227 e. The number of thiophene rings is 1. The number of para-hydroxylation sites is 1. The van der Waals surface area contributed by atoms with Crippen LogP contribution in [0.3, 0.4) is 0 Å². The van der Waals surface area contributed by atoms with Crippen molar-refractivity contribution in [2.24, 2.45) is 5.92 Å². The molecule has 0 spiro atoms. The van der Waals surface area contributed by atoms with Gasteiger partial charge in [0.15, 0.2) is 0 Å². The van der Waals surface area contributed by atoms with Crippen LogP contribution in [0.1, 0.15) is 23.3 Å². The Morgan fingerprint density at radius 1 is 1.15 bits per heavy atom. The largest absolute Gasteiger partial charge is 0.508 e. The Morgan fingerprint density at radius 2 is 1.92 bits per heavy atom. The predicted octanol–water partition coefficient (Wildman–Crippen LogP) is 2.59. The minimum absolute atomic E-state index is 0.00283. The molecule has 3 rings (SSSR count). The van der Waals surface area contributed by atoms with Crippen LogP contribution in [0.2, 0.25) is 0 Å². The molecular weight excluding hydrogens is 348 g/mol. The molecule has 0 bridgehead atoms. The lowest BCUT2D eigenvalue weighted by Gasteiger charge is -2.31. The van der Waals surface area contributed by atoms with Gasteiger partial charge in [-0.3, -0.25) is 9.59 Å². The van der Waals surface area contributed by atoms with Crippen LogP contribution >= 0.6 is 11.3 Å². The van der Waals surface area contributed by atoms with Crippen LogP contribution in [-0.2, 0) is 22.4 Å². The Kier molecular flexibility index (Phi) is 6.28. The number of aromatic hydroxyl groups is 1. The van der Waals surface area contributed by atoms with E-state index in [-0.39, 0.29) is 29.9 Å². The molecular formula is C20H24N2O3S. The van der Waals surface area contributed by atoms with Crippen molar-refractivity contribution in [1.82, 2.24) is 10.2 Å². The van der Waals surface area contributed by atoms with Crippen LogP contribution in [0.15, 0.2) is 41.8 Å². The highest BCUT2D eigenvalue weighted by Gasteiger charge is 2.27. The van der Waals surface area contributed by atoms with Crippen LogP contribution in [0.4, 0.5) is 0 Å². The highest BCUT2D eigenvalue weighted by molar-refractivity contribution is 7.09. The van der Waals surface area contributed by atoms with E-state index in [9.17, 15) is 14.7 Å². The standard InChI is InChI=1S/C20H24N2O3S/c23-18-6-2-1-4-16(18)14-19(24)22-11-8-15(9-12-22)20(25)21-10-7-17-5-3-13-26-17/h1-6,13,15,23H,7-12,14H2,(H,21,25). The molecule has 6 heteroatoms. The van der Waals surface area contributed by atoms with Crippen molar-refractivity contribution in [2.75, 3.05) is 19.6 Å². The van der Waals surface area contributed by atoms with E-state index in [0.717, 1.165) is 6.42 Å². The lowest BCUT2D eigenvalue weighted by atomic mass is 9.95. The molecule has 0 saturated carbocycles. The zero-order valence-electron chi connectivity index (χ0n) is 14.7. The molecule has 0 unspecified atom stereocenters. The van der Waals surface area contributed by atoms with Crippen molar-refractivity contribution in [3.8, 4) is 5.75 Å². The Labute approximate surface area is 157 Å². The molecule has 2 aromatic rings.